The van der Waals surface area contributed by atoms with Crippen molar-refractivity contribution >= 4 is 60.3 Å². The predicted molar refractivity (Wildman–Crippen MR) is 137 cm³/mol. The standard InChI is InChI=1S/C24H14N4O7S2/c29-22-16-4-3-13(23(30)25-18-5-7-20(36-18)27(32)33)10-15(16)9-12-1-2-14(11-17(12)22)24(31)26-19-6-8-21(37-19)28(34)35/h1-8,10-11H,9H2,(H,25,30)(H,26,31). The molecule has 1 aliphatic rings. The molecule has 0 fully saturated rings. The van der Waals surface area contributed by atoms with Gasteiger partial charge in [0.1, 0.15) is 10.0 Å². The lowest BCUT2D eigenvalue weighted by Gasteiger charge is -2.20. The fourth-order valence-electron chi connectivity index (χ4n) is 3.89. The molecular weight excluding hydrogens is 520 g/mol. The average Bonchev–Trinajstić information content (AvgIpc) is 3.54. The molecule has 0 atom stereocenters. The lowest BCUT2D eigenvalue weighted by molar-refractivity contribution is -0.380. The number of nitrogens with zero attached hydrogens (tertiary/aromatic N) is 2. The Morgan fingerprint density at radius 1 is 0.703 bits per heavy atom. The molecule has 2 amide bonds. The Kier molecular flexibility index (Phi) is 6.07. The van der Waals surface area contributed by atoms with Gasteiger partial charge in [-0.05, 0) is 82.7 Å². The molecule has 37 heavy (non-hydrogen) atoms. The number of carbonyl (C=O) groups excluding carboxylic acids is 3. The van der Waals surface area contributed by atoms with Crippen molar-refractivity contribution in [3.05, 3.63) is 114 Å². The fourth-order valence-corrected chi connectivity index (χ4v) is 5.32. The van der Waals surface area contributed by atoms with Crippen LogP contribution in [0.1, 0.15) is 47.8 Å². The predicted octanol–water partition coefficient (Wildman–Crippen LogP) is 5.27. The third kappa shape index (κ3) is 4.72. The summed E-state index contributed by atoms with van der Waals surface area (Å²) in [6.45, 7) is 0. The maximum Gasteiger partial charge on any atom is 0.326 e. The van der Waals surface area contributed by atoms with Crippen molar-refractivity contribution in [2.75, 3.05) is 10.6 Å². The minimum atomic E-state index is -0.543. The van der Waals surface area contributed by atoms with Gasteiger partial charge in [0.25, 0.3) is 11.8 Å². The molecule has 1 aliphatic carbocycles. The van der Waals surface area contributed by atoms with Crippen molar-refractivity contribution < 1.29 is 24.2 Å². The molecule has 13 heteroatoms. The summed E-state index contributed by atoms with van der Waals surface area (Å²) in [7, 11) is 0. The van der Waals surface area contributed by atoms with Crippen LogP contribution in [-0.4, -0.2) is 27.4 Å². The lowest BCUT2D eigenvalue weighted by atomic mass is 9.83. The molecule has 0 unspecified atom stereocenters. The maximum absolute atomic E-state index is 13.2. The van der Waals surface area contributed by atoms with E-state index in [4.69, 9.17) is 0 Å². The Balaban J connectivity index is 1.34. The summed E-state index contributed by atoms with van der Waals surface area (Å²) in [6, 6.07) is 14.9. The van der Waals surface area contributed by atoms with Gasteiger partial charge in [-0.2, -0.15) is 0 Å². The Morgan fingerprint density at radius 3 is 1.78 bits per heavy atom. The van der Waals surface area contributed by atoms with Crippen LogP contribution in [-0.2, 0) is 6.42 Å². The SMILES string of the molecule is O=C(Nc1ccc([N+](=O)[O-])s1)c1ccc2c(c1)Cc1ccc(C(=O)Nc3ccc([N+](=O)[O-])s3)cc1C2=O. The molecule has 2 aromatic carbocycles. The Hall–Kier alpha value is -4.75. The van der Waals surface area contributed by atoms with Crippen LogP contribution in [0.5, 0.6) is 0 Å². The molecule has 5 rings (SSSR count). The maximum atomic E-state index is 13.2. The zero-order valence-electron chi connectivity index (χ0n) is 18.5. The second kappa shape index (κ2) is 9.37. The number of hydrogen-bond donors (Lipinski definition) is 2. The first-order valence-electron chi connectivity index (χ1n) is 10.6. The van der Waals surface area contributed by atoms with Gasteiger partial charge >= 0.3 is 10.0 Å². The minimum absolute atomic E-state index is 0.0901. The van der Waals surface area contributed by atoms with Gasteiger partial charge in [-0.3, -0.25) is 34.6 Å². The van der Waals surface area contributed by atoms with E-state index in [9.17, 15) is 34.6 Å². The van der Waals surface area contributed by atoms with Crippen molar-refractivity contribution in [2.24, 2.45) is 0 Å². The van der Waals surface area contributed by atoms with Crippen LogP contribution in [0.15, 0.2) is 60.7 Å². The molecule has 0 saturated carbocycles. The van der Waals surface area contributed by atoms with E-state index in [1.807, 2.05) is 0 Å². The molecule has 0 radical (unpaired) electrons. The Labute approximate surface area is 215 Å². The van der Waals surface area contributed by atoms with Crippen LogP contribution in [0.2, 0.25) is 0 Å². The highest BCUT2D eigenvalue weighted by Gasteiger charge is 2.26. The van der Waals surface area contributed by atoms with E-state index in [1.54, 1.807) is 24.3 Å². The average molecular weight is 535 g/mol. The van der Waals surface area contributed by atoms with Crippen molar-refractivity contribution in [1.82, 2.24) is 0 Å². The highest BCUT2D eigenvalue weighted by Crippen LogP contribution is 2.32. The molecule has 0 aliphatic heterocycles. The van der Waals surface area contributed by atoms with Crippen molar-refractivity contribution in [2.45, 2.75) is 6.42 Å². The van der Waals surface area contributed by atoms with Crippen LogP contribution in [0.3, 0.4) is 0 Å². The second-order valence-corrected chi connectivity index (χ2v) is 10.1. The molecule has 2 aromatic heterocycles. The number of nitrogens with one attached hydrogen (secondary N) is 2. The summed E-state index contributed by atoms with van der Waals surface area (Å²) in [5.74, 6) is -1.25. The number of rotatable bonds is 6. The van der Waals surface area contributed by atoms with Crippen LogP contribution in [0.25, 0.3) is 0 Å². The molecule has 0 spiro atoms. The number of fused-ring (bicyclic) bond motifs is 2. The highest BCUT2D eigenvalue weighted by molar-refractivity contribution is 7.19. The summed E-state index contributed by atoms with van der Waals surface area (Å²) in [4.78, 5) is 59.2. The molecule has 4 aromatic rings. The second-order valence-electron chi connectivity index (χ2n) is 7.95. The van der Waals surface area contributed by atoms with E-state index in [-0.39, 0.29) is 21.3 Å². The summed E-state index contributed by atoms with van der Waals surface area (Å²) in [6.07, 6.45) is 0.362. The van der Waals surface area contributed by atoms with E-state index in [0.717, 1.165) is 22.7 Å². The zero-order chi connectivity index (χ0) is 26.3. The van der Waals surface area contributed by atoms with Gasteiger partial charge in [0, 0.05) is 34.4 Å². The molecule has 11 nitrogen and oxygen atoms in total. The summed E-state index contributed by atoms with van der Waals surface area (Å²) in [5.41, 5.74) is 2.63. The lowest BCUT2D eigenvalue weighted by Crippen LogP contribution is -2.19. The molecule has 2 N–H and O–H groups in total. The molecule has 2 heterocycles. The third-order valence-electron chi connectivity index (χ3n) is 5.63. The quantitative estimate of drug-likeness (QED) is 0.222. The first-order valence-corrected chi connectivity index (χ1v) is 12.2. The largest absolute Gasteiger partial charge is 0.326 e. The number of nitro groups is 2. The third-order valence-corrected chi connectivity index (χ3v) is 7.53. The van der Waals surface area contributed by atoms with Crippen molar-refractivity contribution in [3.8, 4) is 0 Å². The molecular formula is C24H14N4O7S2. The highest BCUT2D eigenvalue weighted by atomic mass is 32.1. The van der Waals surface area contributed by atoms with Crippen molar-refractivity contribution in [1.29, 1.82) is 0 Å². The van der Waals surface area contributed by atoms with Crippen molar-refractivity contribution in [3.63, 3.8) is 0 Å². The summed E-state index contributed by atoms with van der Waals surface area (Å²) < 4.78 is 0. The molecule has 0 bridgehead atoms. The number of thiophene rings is 2. The minimum Gasteiger partial charge on any atom is -0.313 e. The first kappa shape index (κ1) is 24.0. The number of benzene rings is 2. The number of anilines is 2. The summed E-state index contributed by atoms with van der Waals surface area (Å²) in [5, 5.41) is 27.4. The summed E-state index contributed by atoms with van der Waals surface area (Å²) >= 11 is 1.67. The Bertz CT molecular complexity index is 1640. The molecule has 0 saturated heterocycles. The van der Waals surface area contributed by atoms with E-state index >= 15 is 0 Å². The monoisotopic (exact) mass is 534 g/mol. The van der Waals surface area contributed by atoms with Gasteiger partial charge in [-0.1, -0.05) is 6.07 Å². The topological polar surface area (TPSA) is 162 Å². The van der Waals surface area contributed by atoms with Crippen LogP contribution < -0.4 is 10.6 Å². The van der Waals surface area contributed by atoms with E-state index in [0.29, 0.717) is 44.2 Å². The van der Waals surface area contributed by atoms with Crippen LogP contribution >= 0.6 is 22.7 Å². The number of ketones is 1. The zero-order valence-corrected chi connectivity index (χ0v) is 20.2. The van der Waals surface area contributed by atoms with Gasteiger partial charge in [0.2, 0.25) is 0 Å². The van der Waals surface area contributed by atoms with Gasteiger partial charge in [-0.15, -0.1) is 0 Å². The van der Waals surface area contributed by atoms with E-state index in [1.165, 1.54) is 36.4 Å². The first-order chi connectivity index (χ1) is 17.7. The normalized spacial score (nSPS) is 11.8. The number of amides is 2. The van der Waals surface area contributed by atoms with E-state index < -0.39 is 21.7 Å². The molecule has 184 valence electrons. The van der Waals surface area contributed by atoms with Gasteiger partial charge in [0.15, 0.2) is 5.78 Å². The number of carbonyl (C=O) groups is 3. The van der Waals surface area contributed by atoms with Gasteiger partial charge in [-0.25, -0.2) is 0 Å². The van der Waals surface area contributed by atoms with Crippen LogP contribution in [0.4, 0.5) is 20.0 Å². The van der Waals surface area contributed by atoms with Gasteiger partial charge in [0.05, 0.1) is 9.85 Å². The smallest absolute Gasteiger partial charge is 0.313 e. The fraction of sp³-hybridized carbons (Fsp3) is 0.0417. The van der Waals surface area contributed by atoms with E-state index in [2.05, 4.69) is 10.6 Å². The van der Waals surface area contributed by atoms with Gasteiger partial charge < -0.3 is 10.6 Å². The number of hydrogen-bond acceptors (Lipinski definition) is 9. The Morgan fingerprint density at radius 2 is 1.24 bits per heavy atom. The van der Waals surface area contributed by atoms with Crippen LogP contribution in [0, 0.1) is 20.2 Å².